The lowest BCUT2D eigenvalue weighted by Gasteiger charge is -2.18. The summed E-state index contributed by atoms with van der Waals surface area (Å²) in [4.78, 5) is 12.1. The van der Waals surface area contributed by atoms with E-state index < -0.39 is 15.9 Å². The summed E-state index contributed by atoms with van der Waals surface area (Å²) in [7, 11) is -3.85. The number of anilines is 1. The number of hydrogen-bond acceptors (Lipinski definition) is 5. The van der Waals surface area contributed by atoms with Crippen LogP contribution in [0, 0.1) is 13.8 Å². The van der Waals surface area contributed by atoms with Crippen LogP contribution < -0.4 is 19.5 Å². The predicted molar refractivity (Wildman–Crippen MR) is 97.2 cm³/mol. The van der Waals surface area contributed by atoms with Crippen molar-refractivity contribution in [3.8, 4) is 11.5 Å². The smallest absolute Gasteiger partial charge is 0.241 e. The zero-order valence-electron chi connectivity index (χ0n) is 14.5. The minimum absolute atomic E-state index is 0.0151. The van der Waals surface area contributed by atoms with Gasteiger partial charge in [-0.25, -0.2) is 13.1 Å². The lowest BCUT2D eigenvalue weighted by atomic mass is 10.1. The van der Waals surface area contributed by atoms with Crippen molar-refractivity contribution in [2.75, 3.05) is 25.1 Å². The molecule has 0 atom stereocenters. The molecule has 0 radical (unpaired) electrons. The molecule has 26 heavy (non-hydrogen) atoms. The van der Waals surface area contributed by atoms with Gasteiger partial charge in [-0.1, -0.05) is 12.1 Å². The fourth-order valence-electron chi connectivity index (χ4n) is 2.50. The number of rotatable bonds is 5. The molecule has 0 saturated heterocycles. The van der Waals surface area contributed by atoms with Gasteiger partial charge in [0, 0.05) is 11.8 Å². The molecule has 1 aliphatic rings. The Morgan fingerprint density at radius 3 is 2.54 bits per heavy atom. The minimum atomic E-state index is -3.85. The highest BCUT2D eigenvalue weighted by atomic mass is 32.2. The molecule has 0 fully saturated rings. The molecule has 0 unspecified atom stereocenters. The molecule has 0 bridgehead atoms. The Morgan fingerprint density at radius 1 is 1.04 bits per heavy atom. The summed E-state index contributed by atoms with van der Waals surface area (Å²) in [5.74, 6) is 0.432. The predicted octanol–water partition coefficient (Wildman–Crippen LogP) is 1.99. The summed E-state index contributed by atoms with van der Waals surface area (Å²) in [5.41, 5.74) is 2.56. The molecule has 8 heteroatoms. The number of carbonyl (C=O) groups is 1. The second-order valence-electron chi connectivity index (χ2n) is 6.00. The third-order valence-corrected chi connectivity index (χ3v) is 5.31. The lowest BCUT2D eigenvalue weighted by molar-refractivity contribution is -0.115. The van der Waals surface area contributed by atoms with Gasteiger partial charge in [0.05, 0.1) is 11.4 Å². The van der Waals surface area contributed by atoms with Crippen LogP contribution in [0.5, 0.6) is 11.5 Å². The molecule has 3 rings (SSSR count). The Kier molecular flexibility index (Phi) is 5.15. The van der Waals surface area contributed by atoms with E-state index >= 15 is 0 Å². The summed E-state index contributed by atoms with van der Waals surface area (Å²) in [5, 5.41) is 2.71. The number of sulfonamides is 1. The Bertz CT molecular complexity index is 941. The van der Waals surface area contributed by atoms with Gasteiger partial charge in [0.2, 0.25) is 15.9 Å². The fourth-order valence-corrected chi connectivity index (χ4v) is 3.50. The number of amides is 1. The Hall–Kier alpha value is -2.58. The normalized spacial score (nSPS) is 13.3. The van der Waals surface area contributed by atoms with Gasteiger partial charge in [-0.15, -0.1) is 0 Å². The largest absolute Gasteiger partial charge is 0.486 e. The Balaban J connectivity index is 1.66. The zero-order chi connectivity index (χ0) is 18.7. The Morgan fingerprint density at radius 2 is 1.77 bits per heavy atom. The van der Waals surface area contributed by atoms with E-state index in [9.17, 15) is 13.2 Å². The third kappa shape index (κ3) is 4.14. The molecule has 2 N–H and O–H groups in total. The maximum atomic E-state index is 12.4. The van der Waals surface area contributed by atoms with Crippen LogP contribution in [-0.4, -0.2) is 34.1 Å². The summed E-state index contributed by atoms with van der Waals surface area (Å²) in [6.45, 7) is 4.20. The maximum absolute atomic E-state index is 12.4. The van der Waals surface area contributed by atoms with Gasteiger partial charge in [-0.2, -0.15) is 0 Å². The zero-order valence-corrected chi connectivity index (χ0v) is 15.4. The van der Waals surface area contributed by atoms with E-state index in [4.69, 9.17) is 9.47 Å². The quantitative estimate of drug-likeness (QED) is 0.832. The lowest BCUT2D eigenvalue weighted by Crippen LogP contribution is -2.33. The molecule has 1 heterocycles. The molecule has 1 amide bonds. The first-order valence-electron chi connectivity index (χ1n) is 8.11. The van der Waals surface area contributed by atoms with E-state index in [0.717, 1.165) is 11.1 Å². The van der Waals surface area contributed by atoms with Crippen LogP contribution in [-0.2, 0) is 14.8 Å². The van der Waals surface area contributed by atoms with Crippen molar-refractivity contribution in [3.05, 3.63) is 47.5 Å². The van der Waals surface area contributed by atoms with Crippen LogP contribution >= 0.6 is 0 Å². The van der Waals surface area contributed by atoms with Gasteiger partial charge in [-0.3, -0.25) is 4.79 Å². The molecule has 0 saturated carbocycles. The monoisotopic (exact) mass is 376 g/mol. The molecule has 138 valence electrons. The summed E-state index contributed by atoms with van der Waals surface area (Å²) in [6.07, 6.45) is 0. The molecular formula is C18H20N2O5S. The van der Waals surface area contributed by atoms with E-state index in [-0.39, 0.29) is 11.4 Å². The van der Waals surface area contributed by atoms with Crippen molar-refractivity contribution in [1.82, 2.24) is 4.72 Å². The first kappa shape index (κ1) is 18.2. The van der Waals surface area contributed by atoms with Crippen molar-refractivity contribution in [3.63, 3.8) is 0 Å². The van der Waals surface area contributed by atoms with Crippen molar-refractivity contribution in [2.24, 2.45) is 0 Å². The van der Waals surface area contributed by atoms with Crippen molar-refractivity contribution < 1.29 is 22.7 Å². The molecule has 0 aliphatic carbocycles. The number of hydrogen-bond donors (Lipinski definition) is 2. The first-order valence-corrected chi connectivity index (χ1v) is 9.60. The van der Waals surface area contributed by atoms with Gasteiger partial charge in [0.15, 0.2) is 11.5 Å². The molecule has 2 aromatic rings. The Labute approximate surface area is 152 Å². The van der Waals surface area contributed by atoms with Crippen molar-refractivity contribution in [1.29, 1.82) is 0 Å². The third-order valence-electron chi connectivity index (χ3n) is 3.91. The van der Waals surface area contributed by atoms with Gasteiger partial charge < -0.3 is 14.8 Å². The van der Waals surface area contributed by atoms with Crippen molar-refractivity contribution >= 4 is 21.6 Å². The second-order valence-corrected chi connectivity index (χ2v) is 7.76. The summed E-state index contributed by atoms with van der Waals surface area (Å²) < 4.78 is 37.9. The van der Waals surface area contributed by atoms with E-state index in [2.05, 4.69) is 10.0 Å². The van der Waals surface area contributed by atoms with Gasteiger partial charge in [-0.05, 0) is 43.2 Å². The van der Waals surface area contributed by atoms with Gasteiger partial charge >= 0.3 is 0 Å². The van der Waals surface area contributed by atoms with Crippen LogP contribution in [0.3, 0.4) is 0 Å². The molecule has 0 aromatic heterocycles. The van der Waals surface area contributed by atoms with Crippen molar-refractivity contribution in [2.45, 2.75) is 18.7 Å². The van der Waals surface area contributed by atoms with Crippen LogP contribution in [0.4, 0.5) is 5.69 Å². The summed E-state index contributed by atoms with van der Waals surface area (Å²) in [6, 6.07) is 10.0. The minimum Gasteiger partial charge on any atom is -0.486 e. The number of fused-ring (bicyclic) bond motifs is 1. The van der Waals surface area contributed by atoms with Crippen LogP contribution in [0.1, 0.15) is 11.1 Å². The fraction of sp³-hybridized carbons (Fsp3) is 0.278. The van der Waals surface area contributed by atoms with Gasteiger partial charge in [0.1, 0.15) is 13.2 Å². The van der Waals surface area contributed by atoms with Crippen LogP contribution in [0.2, 0.25) is 0 Å². The summed E-state index contributed by atoms with van der Waals surface area (Å²) >= 11 is 0. The van der Waals surface area contributed by atoms with E-state index in [1.165, 1.54) is 12.1 Å². The van der Waals surface area contributed by atoms with Gasteiger partial charge in [0.25, 0.3) is 0 Å². The van der Waals surface area contributed by atoms with E-state index in [1.807, 2.05) is 32.0 Å². The standard InChI is InChI=1S/C18H20N2O5S/c1-12-3-4-13(2)15(9-12)20-18(21)11-19-26(22,23)14-5-6-16-17(10-14)25-8-7-24-16/h3-6,9-10,19H,7-8,11H2,1-2H3,(H,20,21). The molecule has 2 aromatic carbocycles. The SMILES string of the molecule is Cc1ccc(C)c(NC(=O)CNS(=O)(=O)c2ccc3c(c2)OCCO3)c1. The average molecular weight is 376 g/mol. The number of nitrogens with one attached hydrogen (secondary N) is 2. The second kappa shape index (κ2) is 7.35. The molecule has 7 nitrogen and oxygen atoms in total. The topological polar surface area (TPSA) is 93.7 Å². The number of benzene rings is 2. The number of aryl methyl sites for hydroxylation is 2. The maximum Gasteiger partial charge on any atom is 0.241 e. The van der Waals surface area contributed by atoms with E-state index in [1.54, 1.807) is 6.07 Å². The number of carbonyl (C=O) groups excluding carboxylic acids is 1. The number of ether oxygens (including phenoxy) is 2. The van der Waals surface area contributed by atoms with E-state index in [0.29, 0.717) is 30.4 Å². The molecule has 1 aliphatic heterocycles. The first-order chi connectivity index (χ1) is 12.3. The molecular weight excluding hydrogens is 356 g/mol. The molecule has 0 spiro atoms. The average Bonchev–Trinajstić information content (AvgIpc) is 2.63. The van der Waals surface area contributed by atoms with Crippen LogP contribution in [0.25, 0.3) is 0 Å². The highest BCUT2D eigenvalue weighted by Crippen LogP contribution is 2.32. The van der Waals surface area contributed by atoms with Crippen LogP contribution in [0.15, 0.2) is 41.3 Å². The highest BCUT2D eigenvalue weighted by molar-refractivity contribution is 7.89. The highest BCUT2D eigenvalue weighted by Gasteiger charge is 2.20.